The Morgan fingerprint density at radius 2 is 2.17 bits per heavy atom. The molecule has 1 fully saturated rings. The van der Waals surface area contributed by atoms with Crippen molar-refractivity contribution >= 4 is 0 Å². The Morgan fingerprint density at radius 1 is 1.33 bits per heavy atom. The van der Waals surface area contributed by atoms with Gasteiger partial charge in [-0.05, 0) is 37.8 Å². The van der Waals surface area contributed by atoms with Gasteiger partial charge in [0.1, 0.15) is 11.6 Å². The highest BCUT2D eigenvalue weighted by Crippen LogP contribution is 2.21. The first-order valence-corrected chi connectivity index (χ1v) is 6.46. The van der Waals surface area contributed by atoms with Gasteiger partial charge in [-0.2, -0.15) is 0 Å². The molecule has 1 aromatic carbocycles. The molecule has 0 aromatic heterocycles. The van der Waals surface area contributed by atoms with Gasteiger partial charge in [-0.3, -0.25) is 4.90 Å². The number of aliphatic hydroxyl groups excluding tert-OH is 1. The number of nitrogens with zero attached hydrogens (tertiary/aromatic N) is 1. The fourth-order valence-corrected chi connectivity index (χ4v) is 2.60. The van der Waals surface area contributed by atoms with Crippen LogP contribution in [-0.4, -0.2) is 29.7 Å². The Kier molecular flexibility index (Phi) is 4.66. The van der Waals surface area contributed by atoms with Crippen LogP contribution in [0.4, 0.5) is 8.78 Å². The molecule has 0 aliphatic carbocycles. The van der Waals surface area contributed by atoms with Gasteiger partial charge in [-0.1, -0.05) is 6.07 Å². The maximum atomic E-state index is 13.5. The molecule has 2 rings (SSSR count). The SMILES string of the molecule is OCCC1CCCN(Cc2ccc(F)cc2F)C1. The molecular weight excluding hydrogens is 236 g/mol. The molecule has 0 bridgehead atoms. The summed E-state index contributed by atoms with van der Waals surface area (Å²) in [5.41, 5.74) is 0.543. The lowest BCUT2D eigenvalue weighted by atomic mass is 9.95. The van der Waals surface area contributed by atoms with E-state index >= 15 is 0 Å². The summed E-state index contributed by atoms with van der Waals surface area (Å²) in [5, 5.41) is 8.95. The van der Waals surface area contributed by atoms with Crippen LogP contribution in [0, 0.1) is 17.6 Å². The largest absolute Gasteiger partial charge is 0.396 e. The van der Waals surface area contributed by atoms with Crippen LogP contribution in [0.3, 0.4) is 0 Å². The van der Waals surface area contributed by atoms with E-state index in [-0.39, 0.29) is 6.61 Å². The molecular formula is C14H19F2NO. The number of likely N-dealkylation sites (tertiary alicyclic amines) is 1. The highest BCUT2D eigenvalue weighted by atomic mass is 19.1. The molecule has 1 aliphatic heterocycles. The van der Waals surface area contributed by atoms with Gasteiger partial charge in [0.15, 0.2) is 0 Å². The zero-order chi connectivity index (χ0) is 13.0. The second kappa shape index (κ2) is 6.25. The molecule has 100 valence electrons. The molecule has 1 aromatic rings. The quantitative estimate of drug-likeness (QED) is 0.893. The lowest BCUT2D eigenvalue weighted by molar-refractivity contribution is 0.141. The first-order chi connectivity index (χ1) is 8.69. The summed E-state index contributed by atoms with van der Waals surface area (Å²) in [7, 11) is 0. The second-order valence-electron chi connectivity index (χ2n) is 4.99. The smallest absolute Gasteiger partial charge is 0.130 e. The minimum atomic E-state index is -0.534. The predicted molar refractivity (Wildman–Crippen MR) is 66.1 cm³/mol. The van der Waals surface area contributed by atoms with E-state index in [2.05, 4.69) is 4.90 Å². The lowest BCUT2D eigenvalue weighted by Gasteiger charge is -2.32. The van der Waals surface area contributed by atoms with Crippen LogP contribution >= 0.6 is 0 Å². The third-order valence-corrected chi connectivity index (χ3v) is 3.55. The number of rotatable bonds is 4. The van der Waals surface area contributed by atoms with Crippen LogP contribution in [0.15, 0.2) is 18.2 Å². The van der Waals surface area contributed by atoms with E-state index in [0.29, 0.717) is 18.0 Å². The van der Waals surface area contributed by atoms with Gasteiger partial charge in [0, 0.05) is 31.3 Å². The highest BCUT2D eigenvalue weighted by Gasteiger charge is 2.20. The first-order valence-electron chi connectivity index (χ1n) is 6.46. The Hall–Kier alpha value is -1.00. The number of piperidine rings is 1. The number of halogens is 2. The van der Waals surface area contributed by atoms with Crippen molar-refractivity contribution in [3.8, 4) is 0 Å². The average Bonchev–Trinajstić information content (AvgIpc) is 2.34. The summed E-state index contributed by atoms with van der Waals surface area (Å²) in [6, 6.07) is 3.75. The Balaban J connectivity index is 1.96. The van der Waals surface area contributed by atoms with Crippen LogP contribution in [0.25, 0.3) is 0 Å². The third-order valence-electron chi connectivity index (χ3n) is 3.55. The van der Waals surface area contributed by atoms with Gasteiger partial charge in [-0.15, -0.1) is 0 Å². The van der Waals surface area contributed by atoms with E-state index in [4.69, 9.17) is 5.11 Å². The molecule has 1 aliphatic rings. The van der Waals surface area contributed by atoms with Crippen molar-refractivity contribution in [2.75, 3.05) is 19.7 Å². The summed E-state index contributed by atoms with van der Waals surface area (Å²) in [6.07, 6.45) is 3.01. The zero-order valence-electron chi connectivity index (χ0n) is 10.4. The van der Waals surface area contributed by atoms with E-state index in [1.54, 1.807) is 0 Å². The number of benzene rings is 1. The van der Waals surface area contributed by atoms with Crippen molar-refractivity contribution in [3.63, 3.8) is 0 Å². The monoisotopic (exact) mass is 255 g/mol. The van der Waals surface area contributed by atoms with Crippen LogP contribution in [-0.2, 0) is 6.54 Å². The number of hydrogen-bond donors (Lipinski definition) is 1. The van der Waals surface area contributed by atoms with Crippen molar-refractivity contribution in [2.45, 2.75) is 25.8 Å². The minimum absolute atomic E-state index is 0.212. The normalized spacial score (nSPS) is 21.2. The maximum absolute atomic E-state index is 13.5. The fourth-order valence-electron chi connectivity index (χ4n) is 2.60. The van der Waals surface area contributed by atoms with Gasteiger partial charge >= 0.3 is 0 Å². The maximum Gasteiger partial charge on any atom is 0.130 e. The van der Waals surface area contributed by atoms with Crippen LogP contribution in [0.1, 0.15) is 24.8 Å². The topological polar surface area (TPSA) is 23.5 Å². The Bertz CT molecular complexity index is 395. The molecule has 18 heavy (non-hydrogen) atoms. The molecule has 1 unspecified atom stereocenters. The van der Waals surface area contributed by atoms with Crippen molar-refractivity contribution in [3.05, 3.63) is 35.4 Å². The van der Waals surface area contributed by atoms with Crippen LogP contribution < -0.4 is 0 Å². The summed E-state index contributed by atoms with van der Waals surface area (Å²) < 4.78 is 26.4. The predicted octanol–water partition coefficient (Wildman–Crippen LogP) is 2.56. The summed E-state index contributed by atoms with van der Waals surface area (Å²) >= 11 is 0. The van der Waals surface area contributed by atoms with E-state index in [1.807, 2.05) is 0 Å². The zero-order valence-corrected chi connectivity index (χ0v) is 10.4. The van der Waals surface area contributed by atoms with E-state index in [1.165, 1.54) is 12.1 Å². The van der Waals surface area contributed by atoms with Crippen molar-refractivity contribution in [1.29, 1.82) is 0 Å². The lowest BCUT2D eigenvalue weighted by Crippen LogP contribution is -2.35. The van der Waals surface area contributed by atoms with Crippen molar-refractivity contribution in [2.24, 2.45) is 5.92 Å². The molecule has 0 radical (unpaired) electrons. The molecule has 0 spiro atoms. The molecule has 1 heterocycles. The molecule has 0 amide bonds. The Morgan fingerprint density at radius 3 is 2.89 bits per heavy atom. The third kappa shape index (κ3) is 3.50. The first kappa shape index (κ1) is 13.4. The van der Waals surface area contributed by atoms with Gasteiger partial charge in [0.2, 0.25) is 0 Å². The molecule has 1 saturated heterocycles. The molecule has 4 heteroatoms. The summed E-state index contributed by atoms with van der Waals surface area (Å²) in [5.74, 6) is -0.514. The van der Waals surface area contributed by atoms with Gasteiger partial charge in [0.05, 0.1) is 0 Å². The average molecular weight is 255 g/mol. The van der Waals surface area contributed by atoms with Gasteiger partial charge in [-0.25, -0.2) is 8.78 Å². The van der Waals surface area contributed by atoms with E-state index in [0.717, 1.165) is 38.4 Å². The minimum Gasteiger partial charge on any atom is -0.396 e. The Labute approximate surface area is 106 Å². The van der Waals surface area contributed by atoms with Crippen LogP contribution in [0.2, 0.25) is 0 Å². The van der Waals surface area contributed by atoms with Gasteiger partial charge < -0.3 is 5.11 Å². The molecule has 1 atom stereocenters. The number of hydrogen-bond acceptors (Lipinski definition) is 2. The van der Waals surface area contributed by atoms with E-state index in [9.17, 15) is 8.78 Å². The fraction of sp³-hybridized carbons (Fsp3) is 0.571. The summed E-state index contributed by atoms with van der Waals surface area (Å²) in [4.78, 5) is 2.18. The standard InChI is InChI=1S/C14H19F2NO/c15-13-4-3-12(14(16)8-13)10-17-6-1-2-11(9-17)5-7-18/h3-4,8,11,18H,1-2,5-7,9-10H2. The number of aliphatic hydroxyl groups is 1. The van der Waals surface area contributed by atoms with Crippen molar-refractivity contribution < 1.29 is 13.9 Å². The summed E-state index contributed by atoms with van der Waals surface area (Å²) in [6.45, 7) is 2.56. The van der Waals surface area contributed by atoms with Crippen molar-refractivity contribution in [1.82, 2.24) is 4.90 Å². The van der Waals surface area contributed by atoms with E-state index < -0.39 is 11.6 Å². The molecule has 1 N–H and O–H groups in total. The van der Waals surface area contributed by atoms with Gasteiger partial charge in [0.25, 0.3) is 0 Å². The second-order valence-corrected chi connectivity index (χ2v) is 4.99. The highest BCUT2D eigenvalue weighted by molar-refractivity contribution is 5.18. The van der Waals surface area contributed by atoms with Crippen LogP contribution in [0.5, 0.6) is 0 Å². The molecule has 0 saturated carbocycles. The molecule has 2 nitrogen and oxygen atoms in total.